The summed E-state index contributed by atoms with van der Waals surface area (Å²) in [5.41, 5.74) is 10.7. The van der Waals surface area contributed by atoms with Crippen molar-refractivity contribution in [1.82, 2.24) is 10.2 Å². The van der Waals surface area contributed by atoms with Crippen LogP contribution in [0.3, 0.4) is 0 Å². The number of likely N-dealkylation sites (tertiary alicyclic amines) is 1. The van der Waals surface area contributed by atoms with Gasteiger partial charge in [-0.3, -0.25) is 5.32 Å². The van der Waals surface area contributed by atoms with Crippen LogP contribution in [-0.2, 0) is 0 Å². The van der Waals surface area contributed by atoms with E-state index < -0.39 is 0 Å². The zero-order valence-corrected chi connectivity index (χ0v) is 7.96. The summed E-state index contributed by atoms with van der Waals surface area (Å²) in [6.45, 7) is 7.74. The van der Waals surface area contributed by atoms with Crippen LogP contribution in [0.2, 0.25) is 0 Å². The molecule has 1 rings (SSSR count). The largest absolute Gasteiger partial charge is 0.304 e. The molecule has 1 aliphatic rings. The first-order valence-electron chi connectivity index (χ1n) is 4.58. The molecule has 1 heterocycles. The van der Waals surface area contributed by atoms with Crippen LogP contribution >= 0.6 is 0 Å². The van der Waals surface area contributed by atoms with Gasteiger partial charge in [-0.2, -0.15) is 0 Å². The minimum Gasteiger partial charge on any atom is -0.304 e. The Kier molecular flexibility index (Phi) is 3.46. The molecule has 72 valence electrons. The minimum atomic E-state index is -0.363. The van der Waals surface area contributed by atoms with Gasteiger partial charge in [-0.25, -0.2) is 0 Å². The highest BCUT2D eigenvalue weighted by molar-refractivity contribution is 4.83. The van der Waals surface area contributed by atoms with E-state index in [2.05, 4.69) is 24.1 Å². The maximum Gasteiger partial charge on any atom is 0.106 e. The average molecular weight is 172 g/mol. The van der Waals surface area contributed by atoms with E-state index in [4.69, 9.17) is 11.5 Å². The Balaban J connectivity index is 2.02. The monoisotopic (exact) mass is 172 g/mol. The number of hydrogen-bond acceptors (Lipinski definition) is 4. The summed E-state index contributed by atoms with van der Waals surface area (Å²) in [4.78, 5) is 2.44. The number of hydrogen-bond donors (Lipinski definition) is 3. The third kappa shape index (κ3) is 2.71. The van der Waals surface area contributed by atoms with Crippen LogP contribution in [0, 0.1) is 5.92 Å². The van der Waals surface area contributed by atoms with Gasteiger partial charge in [0.1, 0.15) is 6.29 Å². The highest BCUT2D eigenvalue weighted by Gasteiger charge is 2.27. The Labute approximate surface area is 74.3 Å². The van der Waals surface area contributed by atoms with Crippen molar-refractivity contribution in [1.29, 1.82) is 0 Å². The maximum absolute atomic E-state index is 5.37. The Morgan fingerprint density at radius 1 is 1.42 bits per heavy atom. The molecule has 4 nitrogen and oxygen atoms in total. The van der Waals surface area contributed by atoms with Gasteiger partial charge in [0.2, 0.25) is 0 Å². The van der Waals surface area contributed by atoms with E-state index in [1.807, 2.05) is 0 Å². The normalized spacial score (nSPS) is 20.5. The summed E-state index contributed by atoms with van der Waals surface area (Å²) in [5.74, 6) is 0.738. The van der Waals surface area contributed by atoms with Gasteiger partial charge in [-0.05, 0) is 19.8 Å². The minimum absolute atomic E-state index is 0.363. The lowest BCUT2D eigenvalue weighted by Crippen LogP contribution is -2.56. The summed E-state index contributed by atoms with van der Waals surface area (Å²) < 4.78 is 0. The van der Waals surface area contributed by atoms with Crippen molar-refractivity contribution in [3.8, 4) is 0 Å². The lowest BCUT2D eigenvalue weighted by molar-refractivity contribution is 0.0662. The van der Waals surface area contributed by atoms with Crippen LogP contribution in [0.4, 0.5) is 0 Å². The van der Waals surface area contributed by atoms with E-state index >= 15 is 0 Å². The van der Waals surface area contributed by atoms with Crippen LogP contribution in [0.5, 0.6) is 0 Å². The zero-order valence-electron chi connectivity index (χ0n) is 7.96. The van der Waals surface area contributed by atoms with Crippen molar-refractivity contribution in [2.75, 3.05) is 19.6 Å². The molecule has 0 radical (unpaired) electrons. The molecule has 0 aromatic rings. The van der Waals surface area contributed by atoms with Crippen molar-refractivity contribution in [3.63, 3.8) is 0 Å². The Morgan fingerprint density at radius 3 is 2.42 bits per heavy atom. The molecule has 5 N–H and O–H groups in total. The van der Waals surface area contributed by atoms with Crippen molar-refractivity contribution >= 4 is 0 Å². The second-order valence-corrected chi connectivity index (χ2v) is 3.85. The molecule has 0 bridgehead atoms. The van der Waals surface area contributed by atoms with Crippen LogP contribution < -0.4 is 16.8 Å². The molecular formula is C8H20N4. The highest BCUT2D eigenvalue weighted by atomic mass is 15.2. The first kappa shape index (κ1) is 9.92. The average Bonchev–Trinajstić information content (AvgIpc) is 1.82. The van der Waals surface area contributed by atoms with Gasteiger partial charge in [-0.15, -0.1) is 0 Å². The number of nitrogens with two attached hydrogens (primary N) is 2. The summed E-state index contributed by atoms with van der Waals surface area (Å²) in [5, 5.41) is 3.04. The van der Waals surface area contributed by atoms with Crippen LogP contribution in [0.15, 0.2) is 0 Å². The highest BCUT2D eigenvalue weighted by Crippen LogP contribution is 2.16. The topological polar surface area (TPSA) is 67.3 Å². The molecular weight excluding hydrogens is 152 g/mol. The first-order valence-corrected chi connectivity index (χ1v) is 4.58. The van der Waals surface area contributed by atoms with E-state index in [1.54, 1.807) is 0 Å². The molecule has 0 aromatic heterocycles. The maximum atomic E-state index is 5.37. The van der Waals surface area contributed by atoms with Gasteiger partial charge in [0.15, 0.2) is 0 Å². The Hall–Kier alpha value is -0.160. The predicted octanol–water partition coefficient (Wildman–Crippen LogP) is -0.883. The van der Waals surface area contributed by atoms with Gasteiger partial charge in [0.05, 0.1) is 0 Å². The summed E-state index contributed by atoms with van der Waals surface area (Å²) in [6, 6.07) is 0.674. The van der Waals surface area contributed by atoms with Gasteiger partial charge < -0.3 is 16.4 Å². The lowest BCUT2D eigenvalue weighted by Gasteiger charge is -2.42. The molecule has 0 aliphatic carbocycles. The Morgan fingerprint density at radius 2 is 2.00 bits per heavy atom. The molecule has 0 atom stereocenters. The quantitative estimate of drug-likeness (QED) is 0.482. The fourth-order valence-electron chi connectivity index (χ4n) is 1.46. The fraction of sp³-hybridized carbons (Fsp3) is 1.00. The third-order valence-electron chi connectivity index (χ3n) is 2.36. The van der Waals surface area contributed by atoms with Crippen molar-refractivity contribution < 1.29 is 0 Å². The fourth-order valence-corrected chi connectivity index (χ4v) is 1.46. The van der Waals surface area contributed by atoms with Gasteiger partial charge in [-0.1, -0.05) is 0 Å². The van der Waals surface area contributed by atoms with Crippen molar-refractivity contribution in [2.45, 2.75) is 26.2 Å². The molecule has 4 heteroatoms. The molecule has 0 aromatic carbocycles. The van der Waals surface area contributed by atoms with Gasteiger partial charge in [0.25, 0.3) is 0 Å². The molecule has 1 saturated heterocycles. The first-order chi connectivity index (χ1) is 5.59. The molecule has 12 heavy (non-hydrogen) atoms. The molecule has 0 unspecified atom stereocenters. The summed E-state index contributed by atoms with van der Waals surface area (Å²) in [7, 11) is 0. The summed E-state index contributed by atoms with van der Waals surface area (Å²) in [6.07, 6.45) is -0.363. The number of nitrogens with zero attached hydrogens (tertiary/aromatic N) is 1. The number of rotatable bonds is 4. The SMILES string of the molecule is CC(C)N1CC(CNC(N)N)C1. The molecule has 0 saturated carbocycles. The van der Waals surface area contributed by atoms with Crippen LogP contribution in [0.1, 0.15) is 13.8 Å². The molecule has 1 fully saturated rings. The zero-order chi connectivity index (χ0) is 9.14. The van der Waals surface area contributed by atoms with Crippen LogP contribution in [0.25, 0.3) is 0 Å². The molecule has 0 spiro atoms. The van der Waals surface area contributed by atoms with E-state index in [1.165, 1.54) is 13.1 Å². The van der Waals surface area contributed by atoms with Crippen molar-refractivity contribution in [3.05, 3.63) is 0 Å². The van der Waals surface area contributed by atoms with Crippen molar-refractivity contribution in [2.24, 2.45) is 17.4 Å². The smallest absolute Gasteiger partial charge is 0.106 e. The third-order valence-corrected chi connectivity index (χ3v) is 2.36. The van der Waals surface area contributed by atoms with E-state index in [-0.39, 0.29) is 6.29 Å². The summed E-state index contributed by atoms with van der Waals surface area (Å²) >= 11 is 0. The molecule has 0 amide bonds. The molecule has 1 aliphatic heterocycles. The lowest BCUT2D eigenvalue weighted by atomic mass is 9.98. The second kappa shape index (κ2) is 4.18. The number of nitrogens with one attached hydrogen (secondary N) is 1. The van der Waals surface area contributed by atoms with E-state index in [0.29, 0.717) is 6.04 Å². The van der Waals surface area contributed by atoms with E-state index in [9.17, 15) is 0 Å². The predicted molar refractivity (Wildman–Crippen MR) is 50.4 cm³/mol. The van der Waals surface area contributed by atoms with Gasteiger partial charge in [0, 0.05) is 25.7 Å². The van der Waals surface area contributed by atoms with Crippen LogP contribution in [-0.4, -0.2) is 36.9 Å². The second-order valence-electron chi connectivity index (χ2n) is 3.85. The Bertz CT molecular complexity index is 126. The van der Waals surface area contributed by atoms with E-state index in [0.717, 1.165) is 12.5 Å². The van der Waals surface area contributed by atoms with Gasteiger partial charge >= 0.3 is 0 Å². The standard InChI is InChI=1S/C8H20N4/c1-6(2)12-4-7(5-12)3-11-8(9)10/h6-8,11H,3-5,9-10H2,1-2H3.